The maximum Gasteiger partial charge on any atom is 0.282 e. The van der Waals surface area contributed by atoms with Gasteiger partial charge in [0.05, 0.1) is 6.54 Å². The van der Waals surface area contributed by atoms with Gasteiger partial charge in [0.1, 0.15) is 17.3 Å². The molecule has 0 saturated heterocycles. The first-order chi connectivity index (χ1) is 12.8. The van der Waals surface area contributed by atoms with Crippen LogP contribution >= 0.6 is 23.2 Å². The van der Waals surface area contributed by atoms with Gasteiger partial charge >= 0.3 is 0 Å². The van der Waals surface area contributed by atoms with Crippen molar-refractivity contribution in [2.45, 2.75) is 26.4 Å². The Morgan fingerprint density at radius 2 is 1.93 bits per heavy atom. The van der Waals surface area contributed by atoms with Crippen molar-refractivity contribution in [2.75, 3.05) is 5.32 Å². The maximum absolute atomic E-state index is 12.7. The van der Waals surface area contributed by atoms with Crippen LogP contribution < -0.4 is 5.32 Å². The smallest absolute Gasteiger partial charge is 0.282 e. The van der Waals surface area contributed by atoms with E-state index in [0.717, 1.165) is 5.56 Å². The first-order valence-electron chi connectivity index (χ1n) is 7.91. The van der Waals surface area contributed by atoms with Crippen LogP contribution in [0.4, 0.5) is 14.6 Å². The number of amides is 1. The number of rotatable bonds is 6. The van der Waals surface area contributed by atoms with Gasteiger partial charge in [-0.05, 0) is 30.7 Å². The molecule has 1 amide bonds. The highest BCUT2D eigenvalue weighted by molar-refractivity contribution is 6.33. The molecule has 1 aromatic carbocycles. The highest BCUT2D eigenvalue weighted by Gasteiger charge is 2.16. The quantitative estimate of drug-likeness (QED) is 0.654. The molecule has 3 rings (SSSR count). The van der Waals surface area contributed by atoms with Gasteiger partial charge in [-0.2, -0.15) is 10.2 Å². The van der Waals surface area contributed by atoms with Gasteiger partial charge in [-0.1, -0.05) is 35.3 Å². The van der Waals surface area contributed by atoms with Crippen LogP contribution in [0.5, 0.6) is 0 Å². The summed E-state index contributed by atoms with van der Waals surface area (Å²) in [4.78, 5) is 12.2. The fourth-order valence-corrected chi connectivity index (χ4v) is 2.77. The molecule has 6 nitrogen and oxygen atoms in total. The molecule has 0 spiro atoms. The first-order valence-corrected chi connectivity index (χ1v) is 8.67. The molecule has 0 aliphatic heterocycles. The molecule has 1 N–H and O–H groups in total. The van der Waals surface area contributed by atoms with Crippen LogP contribution in [0, 0.1) is 6.92 Å². The Morgan fingerprint density at radius 1 is 1.22 bits per heavy atom. The summed E-state index contributed by atoms with van der Waals surface area (Å²) >= 11 is 12.0. The van der Waals surface area contributed by atoms with Crippen LogP contribution in [0.1, 0.15) is 23.4 Å². The molecule has 0 aliphatic carbocycles. The van der Waals surface area contributed by atoms with E-state index in [0.29, 0.717) is 17.3 Å². The molecule has 0 radical (unpaired) electrons. The molecular formula is C17H15Cl2F2N5O. The largest absolute Gasteiger partial charge is 0.306 e. The third-order valence-corrected chi connectivity index (χ3v) is 4.28. The molecule has 2 aromatic heterocycles. The number of alkyl halides is 2. The van der Waals surface area contributed by atoms with Crippen LogP contribution in [-0.4, -0.2) is 25.5 Å². The minimum Gasteiger partial charge on any atom is -0.306 e. The number of nitrogens with zero attached hydrogens (tertiary/aromatic N) is 4. The normalized spacial score (nSPS) is 11.2. The molecule has 2 heterocycles. The van der Waals surface area contributed by atoms with Crippen molar-refractivity contribution in [3.8, 4) is 0 Å². The Morgan fingerprint density at radius 3 is 2.56 bits per heavy atom. The average molecular weight is 414 g/mol. The van der Waals surface area contributed by atoms with E-state index in [1.807, 2.05) is 12.1 Å². The SMILES string of the molecule is Cc1cc(C(F)F)nn1CC(=O)Nc1nn(Cc2ccc(Cl)cc2)cc1Cl. The molecule has 0 saturated carbocycles. The Bertz CT molecular complexity index is 953. The van der Waals surface area contributed by atoms with Crippen molar-refractivity contribution in [3.05, 3.63) is 63.5 Å². The van der Waals surface area contributed by atoms with Gasteiger partial charge in [0.25, 0.3) is 6.43 Å². The summed E-state index contributed by atoms with van der Waals surface area (Å²) < 4.78 is 28.2. The molecular weight excluding hydrogens is 399 g/mol. The highest BCUT2D eigenvalue weighted by atomic mass is 35.5. The van der Waals surface area contributed by atoms with E-state index in [2.05, 4.69) is 15.5 Å². The van der Waals surface area contributed by atoms with Crippen LogP contribution in [0.15, 0.2) is 36.5 Å². The topological polar surface area (TPSA) is 64.7 Å². The summed E-state index contributed by atoms with van der Waals surface area (Å²) in [5, 5.41) is 11.4. The van der Waals surface area contributed by atoms with Gasteiger partial charge in [0.15, 0.2) is 5.82 Å². The third kappa shape index (κ3) is 4.84. The Balaban J connectivity index is 1.66. The molecule has 27 heavy (non-hydrogen) atoms. The van der Waals surface area contributed by atoms with E-state index in [1.165, 1.54) is 10.7 Å². The first kappa shape index (κ1) is 19.3. The van der Waals surface area contributed by atoms with Gasteiger partial charge < -0.3 is 5.32 Å². The van der Waals surface area contributed by atoms with Crippen LogP contribution in [-0.2, 0) is 17.9 Å². The number of halogens is 4. The highest BCUT2D eigenvalue weighted by Crippen LogP contribution is 2.21. The standard InChI is InChI=1S/C17H15Cl2F2N5O/c1-10-6-14(16(20)21)23-26(10)9-15(27)22-17-13(19)8-25(24-17)7-11-2-4-12(18)5-3-11/h2-6,8,16H,7,9H2,1H3,(H,22,24,27). The lowest BCUT2D eigenvalue weighted by atomic mass is 10.2. The van der Waals surface area contributed by atoms with E-state index in [1.54, 1.807) is 29.9 Å². The van der Waals surface area contributed by atoms with Gasteiger partial charge in [-0.15, -0.1) is 0 Å². The van der Waals surface area contributed by atoms with Crippen molar-refractivity contribution >= 4 is 34.9 Å². The second-order valence-corrected chi connectivity index (χ2v) is 6.71. The Hall–Kier alpha value is -2.45. The van der Waals surface area contributed by atoms with Crippen LogP contribution in [0.3, 0.4) is 0 Å². The second kappa shape index (κ2) is 8.06. The number of hydrogen-bond donors (Lipinski definition) is 1. The van der Waals surface area contributed by atoms with Gasteiger partial charge in [0.2, 0.25) is 5.91 Å². The van der Waals surface area contributed by atoms with Crippen molar-refractivity contribution in [1.29, 1.82) is 0 Å². The number of hydrogen-bond acceptors (Lipinski definition) is 3. The van der Waals surface area contributed by atoms with Crippen LogP contribution in [0.2, 0.25) is 10.0 Å². The molecule has 3 aromatic rings. The van der Waals surface area contributed by atoms with Crippen molar-refractivity contribution < 1.29 is 13.6 Å². The van der Waals surface area contributed by atoms with E-state index >= 15 is 0 Å². The fraction of sp³-hybridized carbons (Fsp3) is 0.235. The third-order valence-electron chi connectivity index (χ3n) is 3.75. The molecule has 10 heteroatoms. The van der Waals surface area contributed by atoms with Gasteiger partial charge in [-0.3, -0.25) is 14.2 Å². The van der Waals surface area contributed by atoms with Gasteiger partial charge in [-0.25, -0.2) is 8.78 Å². The number of benzene rings is 1. The molecule has 0 aliphatic rings. The summed E-state index contributed by atoms with van der Waals surface area (Å²) in [6, 6.07) is 8.50. The van der Waals surface area contributed by atoms with Gasteiger partial charge in [0, 0.05) is 16.9 Å². The number of aryl methyl sites for hydroxylation is 1. The minimum atomic E-state index is -2.69. The van der Waals surface area contributed by atoms with Crippen molar-refractivity contribution in [2.24, 2.45) is 0 Å². The lowest BCUT2D eigenvalue weighted by molar-refractivity contribution is -0.117. The second-order valence-electron chi connectivity index (χ2n) is 5.87. The predicted octanol–water partition coefficient (Wildman–Crippen LogP) is 4.32. The summed E-state index contributed by atoms with van der Waals surface area (Å²) in [6.45, 7) is 1.82. The van der Waals surface area contributed by atoms with Crippen LogP contribution in [0.25, 0.3) is 0 Å². The zero-order valence-corrected chi connectivity index (χ0v) is 15.7. The lowest BCUT2D eigenvalue weighted by Crippen LogP contribution is -2.21. The lowest BCUT2D eigenvalue weighted by Gasteiger charge is -2.05. The monoisotopic (exact) mass is 413 g/mol. The number of nitrogens with one attached hydrogen (secondary N) is 1. The zero-order chi connectivity index (χ0) is 19.6. The fourth-order valence-electron chi connectivity index (χ4n) is 2.45. The average Bonchev–Trinajstić information content (AvgIpc) is 3.13. The minimum absolute atomic E-state index is 0.189. The number of carbonyl (C=O) groups is 1. The number of aromatic nitrogens is 4. The molecule has 0 atom stereocenters. The molecule has 142 valence electrons. The van der Waals surface area contributed by atoms with Crippen molar-refractivity contribution in [3.63, 3.8) is 0 Å². The molecule has 0 bridgehead atoms. The Kier molecular flexibility index (Phi) is 5.76. The number of carbonyl (C=O) groups excluding carboxylic acids is 1. The summed E-state index contributed by atoms with van der Waals surface area (Å²) in [6.07, 6.45) is -1.11. The van der Waals surface area contributed by atoms with Crippen molar-refractivity contribution in [1.82, 2.24) is 19.6 Å². The zero-order valence-electron chi connectivity index (χ0n) is 14.2. The van der Waals surface area contributed by atoms with E-state index in [9.17, 15) is 13.6 Å². The van der Waals surface area contributed by atoms with E-state index in [4.69, 9.17) is 23.2 Å². The van der Waals surface area contributed by atoms with E-state index < -0.39 is 12.3 Å². The number of anilines is 1. The van der Waals surface area contributed by atoms with E-state index in [-0.39, 0.29) is 23.1 Å². The summed E-state index contributed by atoms with van der Waals surface area (Å²) in [7, 11) is 0. The predicted molar refractivity (Wildman–Crippen MR) is 98.3 cm³/mol. The Labute approximate surface area is 163 Å². The molecule has 0 fully saturated rings. The summed E-state index contributed by atoms with van der Waals surface area (Å²) in [5.74, 6) is -0.282. The maximum atomic E-state index is 12.7. The molecule has 0 unspecified atom stereocenters. The summed E-state index contributed by atoms with van der Waals surface area (Å²) in [5.41, 5.74) is 1.05.